The van der Waals surface area contributed by atoms with E-state index >= 15 is 0 Å². The van der Waals surface area contributed by atoms with Crippen molar-refractivity contribution in [3.8, 4) is 56.6 Å². The Bertz CT molecular complexity index is 4540. The third-order valence-electron chi connectivity index (χ3n) is 14.7. The van der Waals surface area contributed by atoms with Crippen molar-refractivity contribution in [1.82, 2.24) is 19.1 Å². The third kappa shape index (κ3) is 8.58. The van der Waals surface area contributed by atoms with E-state index in [1.807, 2.05) is 60.9 Å². The van der Waals surface area contributed by atoms with Crippen molar-refractivity contribution < 1.29 is 43.4 Å². The molecule has 13 aromatic rings. The molecule has 6 nitrogen and oxygen atoms in total. The minimum absolute atomic E-state index is 0. The Balaban J connectivity index is 0.00000609. The van der Waals surface area contributed by atoms with Gasteiger partial charge < -0.3 is 18.3 Å². The van der Waals surface area contributed by atoms with Crippen LogP contribution in [0.5, 0.6) is 11.5 Å². The van der Waals surface area contributed by atoms with Crippen molar-refractivity contribution in [2.24, 2.45) is 0 Å². The van der Waals surface area contributed by atoms with Gasteiger partial charge in [-0.05, 0) is 102 Å². The Morgan fingerprint density at radius 1 is 0.577 bits per heavy atom. The number of nitrogens with zero attached hydrogens (tertiary/aromatic N) is 4. The molecule has 0 atom stereocenters. The van der Waals surface area contributed by atoms with Crippen molar-refractivity contribution in [2.45, 2.75) is 52.4 Å². The molecule has 0 aliphatic heterocycles. The first-order valence-electron chi connectivity index (χ1n) is 25.6. The molecular formula is C68H49F3N4O2Pt. The van der Waals surface area contributed by atoms with Crippen molar-refractivity contribution in [1.29, 1.82) is 0 Å². The summed E-state index contributed by atoms with van der Waals surface area (Å²) < 4.78 is 59.8. The van der Waals surface area contributed by atoms with Gasteiger partial charge in [0.05, 0.1) is 11.4 Å². The minimum Gasteiger partial charge on any atom is -0.503 e. The van der Waals surface area contributed by atoms with Gasteiger partial charge in [-0.3, -0.25) is 4.98 Å². The summed E-state index contributed by atoms with van der Waals surface area (Å²) in [5.74, 6) is 0.696. The van der Waals surface area contributed by atoms with Gasteiger partial charge in [-0.25, -0.2) is 9.37 Å². The Kier molecular flexibility index (Phi) is 12.4. The van der Waals surface area contributed by atoms with Crippen LogP contribution in [0.1, 0.15) is 58.2 Å². The molecule has 0 N–H and O–H groups in total. The number of rotatable bonds is 8. The Hall–Kier alpha value is -8.52. The summed E-state index contributed by atoms with van der Waals surface area (Å²) in [6.07, 6.45) is 3.27. The molecule has 0 saturated carbocycles. The number of hydrogen-bond donors (Lipinski definition) is 0. The van der Waals surface area contributed by atoms with E-state index in [9.17, 15) is 13.2 Å². The van der Waals surface area contributed by atoms with Gasteiger partial charge in [-0.1, -0.05) is 185 Å². The zero-order valence-electron chi connectivity index (χ0n) is 43.5. The van der Waals surface area contributed by atoms with Crippen LogP contribution in [0.3, 0.4) is 0 Å². The molecule has 0 radical (unpaired) electrons. The molecule has 78 heavy (non-hydrogen) atoms. The van der Waals surface area contributed by atoms with E-state index in [0.29, 0.717) is 39.6 Å². The molecule has 13 rings (SSSR count). The van der Waals surface area contributed by atoms with Crippen molar-refractivity contribution in [3.63, 3.8) is 0 Å². The summed E-state index contributed by atoms with van der Waals surface area (Å²) in [6.45, 7) is 13.2. The van der Waals surface area contributed by atoms with Crippen LogP contribution < -0.4 is 4.74 Å². The molecule has 4 aromatic heterocycles. The topological polar surface area (TPSA) is 58.0 Å². The zero-order chi connectivity index (χ0) is 52.9. The average Bonchev–Trinajstić information content (AvgIpc) is 4.32. The number of benzene rings is 9. The maximum atomic E-state index is 14.5. The predicted molar refractivity (Wildman–Crippen MR) is 306 cm³/mol. The smallest absolute Gasteiger partial charge is 0.503 e. The molecule has 0 saturated heterocycles. The minimum atomic E-state index is -2.37. The largest absolute Gasteiger partial charge is 2.00 e. The molecular weight excluding hydrogens is 1160 g/mol. The Morgan fingerprint density at radius 3 is 2.08 bits per heavy atom. The van der Waals surface area contributed by atoms with Crippen molar-refractivity contribution in [2.75, 3.05) is 0 Å². The van der Waals surface area contributed by atoms with Crippen LogP contribution in [0.25, 0.3) is 116 Å². The Morgan fingerprint density at radius 2 is 1.31 bits per heavy atom. The van der Waals surface area contributed by atoms with Crippen molar-refractivity contribution in [3.05, 3.63) is 223 Å². The summed E-state index contributed by atoms with van der Waals surface area (Å²) in [4.78, 5) is 9.99. The maximum Gasteiger partial charge on any atom is 2.00 e. The molecule has 0 aliphatic rings. The van der Waals surface area contributed by atoms with Crippen LogP contribution >= 0.6 is 0 Å². The van der Waals surface area contributed by atoms with Gasteiger partial charge in [0.15, 0.2) is 5.83 Å². The van der Waals surface area contributed by atoms with Crippen LogP contribution in [-0.2, 0) is 31.9 Å². The number of halogens is 3. The summed E-state index contributed by atoms with van der Waals surface area (Å²) in [5, 5.41) is 7.48. The summed E-state index contributed by atoms with van der Waals surface area (Å²) in [6, 6.07) is 63.2. The fourth-order valence-corrected chi connectivity index (χ4v) is 11.0. The summed E-state index contributed by atoms with van der Waals surface area (Å²) in [5.41, 5.74) is 9.84. The van der Waals surface area contributed by atoms with Gasteiger partial charge in [0, 0.05) is 57.6 Å². The van der Waals surface area contributed by atoms with E-state index in [0.717, 1.165) is 93.4 Å². The number of furan rings is 1. The van der Waals surface area contributed by atoms with E-state index in [2.05, 4.69) is 160 Å². The fraction of sp³-hybridized carbons (Fsp3) is 0.118. The summed E-state index contributed by atoms with van der Waals surface area (Å²) in [7, 11) is 0. The molecule has 384 valence electrons. The van der Waals surface area contributed by atoms with Gasteiger partial charge in [-0.2, -0.15) is 14.8 Å². The Labute approximate surface area is 463 Å². The number of ether oxygens (including phenoxy) is 1. The molecule has 0 spiro atoms. The van der Waals surface area contributed by atoms with E-state index in [4.69, 9.17) is 19.1 Å². The van der Waals surface area contributed by atoms with Crippen molar-refractivity contribution >= 4 is 71.1 Å². The maximum absolute atomic E-state index is 14.5. The third-order valence-corrected chi connectivity index (χ3v) is 14.7. The van der Waals surface area contributed by atoms with Crippen LogP contribution in [0.2, 0.25) is 0 Å². The number of aromatic nitrogens is 4. The first-order chi connectivity index (χ1) is 37.2. The average molecular weight is 1210 g/mol. The SMILES string of the molecule is CC(C)(C)c1ccnc(-n2c3[c-]c(Oc4[c-]c(-c5nccn5-c5ccc(-c6ccccc6)cc5C(C)(C)C)c5oc6cc(-c7ccc(C(F)=C(F)F)cc7)c7ccc8ccccc8c7c6c5c4)ccc3c3ccccc32)c1.[Pt+2]. The van der Waals surface area contributed by atoms with Gasteiger partial charge in [0.25, 0.3) is 0 Å². The predicted octanol–water partition coefficient (Wildman–Crippen LogP) is 19.1. The van der Waals surface area contributed by atoms with Gasteiger partial charge in [0.1, 0.15) is 11.4 Å². The molecule has 0 aliphatic carbocycles. The first kappa shape index (κ1) is 50.3. The van der Waals surface area contributed by atoms with E-state index in [1.54, 1.807) is 18.3 Å². The molecule has 0 bridgehead atoms. The zero-order valence-corrected chi connectivity index (χ0v) is 45.7. The quantitative estimate of drug-likeness (QED) is 0.112. The normalized spacial score (nSPS) is 12.1. The number of fused-ring (bicyclic) bond motifs is 10. The molecule has 0 amide bonds. The standard InChI is InChI=1S/C68H49F3N4O2.Pt/c1-67(2,3)45-30-31-72-60(35-45)75-56-19-13-12-18-49(56)50-28-26-46(38-58(50)75)76-47-36-53-62-59(39-52(42-20-22-43(23-21-42)63(69)65(70)71)51-27-24-41-16-10-11-17-48(41)61(51)62)77-64(53)54(37-47)66-73-32-33-74(66)57-29-25-44(34-55(57)68(4,5)6)40-14-8-7-9-15-40;/h7-36,39H,1-6H3;/q-2;+2. The van der Waals surface area contributed by atoms with E-state index < -0.39 is 11.9 Å². The second-order valence-corrected chi connectivity index (χ2v) is 21.7. The summed E-state index contributed by atoms with van der Waals surface area (Å²) >= 11 is 0. The molecule has 10 heteroatoms. The number of pyridine rings is 1. The van der Waals surface area contributed by atoms with E-state index in [1.165, 1.54) is 12.1 Å². The van der Waals surface area contributed by atoms with Gasteiger partial charge in [0.2, 0.25) is 0 Å². The number of para-hydroxylation sites is 1. The second kappa shape index (κ2) is 19.2. The molecule has 0 unspecified atom stereocenters. The van der Waals surface area contributed by atoms with Crippen LogP contribution in [0, 0.1) is 12.1 Å². The monoisotopic (exact) mass is 1210 g/mol. The van der Waals surface area contributed by atoms with Crippen LogP contribution in [0.15, 0.2) is 199 Å². The molecule has 4 heterocycles. The first-order valence-corrected chi connectivity index (χ1v) is 25.6. The second-order valence-electron chi connectivity index (χ2n) is 21.7. The number of hydrogen-bond acceptors (Lipinski definition) is 4. The van der Waals surface area contributed by atoms with Gasteiger partial charge >= 0.3 is 27.1 Å². The fourth-order valence-electron chi connectivity index (χ4n) is 11.0. The van der Waals surface area contributed by atoms with E-state index in [-0.39, 0.29) is 37.5 Å². The molecule has 0 fully saturated rings. The van der Waals surface area contributed by atoms with Crippen LogP contribution in [0.4, 0.5) is 13.2 Å². The van der Waals surface area contributed by atoms with Crippen LogP contribution in [-0.4, -0.2) is 19.1 Å². The van der Waals surface area contributed by atoms with Gasteiger partial charge in [-0.15, -0.1) is 17.5 Å². The number of imidazole rings is 1. The molecule has 9 aromatic carbocycles.